The lowest BCUT2D eigenvalue weighted by Crippen LogP contribution is -2.41. The highest BCUT2D eigenvalue weighted by Gasteiger charge is 2.22. The molecule has 152 valence electrons. The topological polar surface area (TPSA) is 109 Å². The van der Waals surface area contributed by atoms with E-state index >= 15 is 0 Å². The number of fused-ring (bicyclic) bond motifs is 1. The van der Waals surface area contributed by atoms with Crippen molar-refractivity contribution in [3.8, 4) is 11.4 Å². The van der Waals surface area contributed by atoms with Crippen molar-refractivity contribution in [2.75, 3.05) is 31.6 Å². The zero-order valence-electron chi connectivity index (χ0n) is 15.8. The van der Waals surface area contributed by atoms with Crippen LogP contribution in [0.5, 0.6) is 0 Å². The van der Waals surface area contributed by atoms with Gasteiger partial charge in [-0.1, -0.05) is 0 Å². The van der Waals surface area contributed by atoms with Gasteiger partial charge < -0.3 is 19.4 Å². The second-order valence-corrected chi connectivity index (χ2v) is 6.76. The molecule has 9 nitrogen and oxygen atoms in total. The van der Waals surface area contributed by atoms with Gasteiger partial charge >= 0.3 is 0 Å². The molecular weight excluding hydrogens is 391 g/mol. The average Bonchev–Trinajstić information content (AvgIpc) is 3.46. The number of carbonyl (C=O) groups is 1. The van der Waals surface area contributed by atoms with Gasteiger partial charge in [0.05, 0.1) is 36.8 Å². The molecule has 1 fully saturated rings. The normalized spacial score (nSPS) is 14.2. The Morgan fingerprint density at radius 3 is 2.83 bits per heavy atom. The van der Waals surface area contributed by atoms with Crippen molar-refractivity contribution in [1.82, 2.24) is 25.1 Å². The van der Waals surface area contributed by atoms with Gasteiger partial charge in [-0.25, -0.2) is 14.4 Å². The Kier molecular flexibility index (Phi) is 4.60. The Morgan fingerprint density at radius 2 is 2.07 bits per heavy atom. The van der Waals surface area contributed by atoms with Crippen LogP contribution in [0.25, 0.3) is 22.4 Å². The summed E-state index contributed by atoms with van der Waals surface area (Å²) >= 11 is 0. The van der Waals surface area contributed by atoms with Gasteiger partial charge in [0.25, 0.3) is 5.91 Å². The van der Waals surface area contributed by atoms with Gasteiger partial charge in [-0.05, 0) is 24.3 Å². The number of anilines is 2. The molecule has 2 N–H and O–H groups in total. The van der Waals surface area contributed by atoms with Gasteiger partial charge in [0.15, 0.2) is 11.6 Å². The highest BCUT2D eigenvalue weighted by Crippen LogP contribution is 2.27. The maximum absolute atomic E-state index is 14.7. The largest absolute Gasteiger partial charge is 0.472 e. The fourth-order valence-corrected chi connectivity index (χ4v) is 3.29. The van der Waals surface area contributed by atoms with E-state index in [1.54, 1.807) is 23.2 Å². The molecule has 4 aromatic rings. The first kappa shape index (κ1) is 18.3. The third kappa shape index (κ3) is 3.37. The number of amides is 1. The van der Waals surface area contributed by atoms with Gasteiger partial charge in [-0.2, -0.15) is 5.10 Å². The summed E-state index contributed by atoms with van der Waals surface area (Å²) in [6, 6.07) is 6.13. The van der Waals surface area contributed by atoms with E-state index in [0.29, 0.717) is 60.2 Å². The lowest BCUT2D eigenvalue weighted by molar-refractivity contribution is 0.0300. The van der Waals surface area contributed by atoms with Crippen LogP contribution in [0.4, 0.5) is 15.9 Å². The number of furan rings is 1. The maximum Gasteiger partial charge on any atom is 0.256 e. The second kappa shape index (κ2) is 7.56. The van der Waals surface area contributed by atoms with Crippen molar-refractivity contribution in [2.24, 2.45) is 0 Å². The standard InChI is InChI=1S/C20H17FN6O3/c21-15-9-13(1-2-14(15)20(28)27-4-7-29-8-5-27)23-19-17-16(10-22-26-17)24-18(25-19)12-3-6-30-11-12/h1-3,6,9-11H,4-5,7-8H2,(H,22,26)(H,23,24,25). The molecule has 0 spiro atoms. The zero-order valence-corrected chi connectivity index (χ0v) is 15.8. The number of halogens is 1. The van der Waals surface area contributed by atoms with Crippen LogP contribution in [0.1, 0.15) is 10.4 Å². The van der Waals surface area contributed by atoms with Gasteiger partial charge in [0.2, 0.25) is 0 Å². The molecule has 5 rings (SSSR count). The van der Waals surface area contributed by atoms with E-state index in [-0.39, 0.29) is 11.5 Å². The summed E-state index contributed by atoms with van der Waals surface area (Å²) in [5.74, 6) is -0.0795. The van der Waals surface area contributed by atoms with Crippen LogP contribution in [-0.4, -0.2) is 57.3 Å². The van der Waals surface area contributed by atoms with Crippen LogP contribution in [0.15, 0.2) is 47.4 Å². The summed E-state index contributed by atoms with van der Waals surface area (Å²) in [7, 11) is 0. The molecule has 0 radical (unpaired) electrons. The van der Waals surface area contributed by atoms with Crippen molar-refractivity contribution in [3.05, 3.63) is 54.4 Å². The Bertz CT molecular complexity index is 1200. The quantitative estimate of drug-likeness (QED) is 0.534. The molecule has 1 saturated heterocycles. The molecule has 0 bridgehead atoms. The first-order chi connectivity index (χ1) is 14.7. The molecule has 0 saturated carbocycles. The van der Waals surface area contributed by atoms with Crippen LogP contribution >= 0.6 is 0 Å². The lowest BCUT2D eigenvalue weighted by atomic mass is 10.1. The van der Waals surface area contributed by atoms with Gasteiger partial charge in [0, 0.05) is 18.8 Å². The maximum atomic E-state index is 14.7. The smallest absolute Gasteiger partial charge is 0.256 e. The number of rotatable bonds is 4. The first-order valence-electron chi connectivity index (χ1n) is 9.36. The number of hydrogen-bond donors (Lipinski definition) is 2. The number of aromatic nitrogens is 4. The predicted octanol–water partition coefficient (Wildman–Crippen LogP) is 2.97. The summed E-state index contributed by atoms with van der Waals surface area (Å²) in [6.45, 7) is 1.82. The number of morpholine rings is 1. The Labute approximate surface area is 169 Å². The number of nitrogens with one attached hydrogen (secondary N) is 2. The number of nitrogens with zero attached hydrogens (tertiary/aromatic N) is 4. The molecular formula is C20H17FN6O3. The monoisotopic (exact) mass is 408 g/mol. The minimum absolute atomic E-state index is 0.0240. The number of aromatic amines is 1. The Balaban J connectivity index is 1.45. The van der Waals surface area contributed by atoms with Crippen LogP contribution in [0.2, 0.25) is 0 Å². The van der Waals surface area contributed by atoms with Crippen LogP contribution in [-0.2, 0) is 4.74 Å². The van der Waals surface area contributed by atoms with Crippen LogP contribution in [0.3, 0.4) is 0 Å². The van der Waals surface area contributed by atoms with E-state index in [4.69, 9.17) is 9.15 Å². The van der Waals surface area contributed by atoms with E-state index in [1.807, 2.05) is 0 Å². The minimum atomic E-state index is -0.610. The molecule has 3 aromatic heterocycles. The van der Waals surface area contributed by atoms with E-state index in [2.05, 4.69) is 25.5 Å². The van der Waals surface area contributed by atoms with Crippen molar-refractivity contribution in [3.63, 3.8) is 0 Å². The van der Waals surface area contributed by atoms with Crippen LogP contribution < -0.4 is 5.32 Å². The van der Waals surface area contributed by atoms with Crippen LogP contribution in [0, 0.1) is 5.82 Å². The summed E-state index contributed by atoms with van der Waals surface area (Å²) in [5, 5.41) is 9.93. The summed E-state index contributed by atoms with van der Waals surface area (Å²) in [5.41, 5.74) is 2.35. The second-order valence-electron chi connectivity index (χ2n) is 6.76. The molecule has 10 heteroatoms. The molecule has 0 aliphatic carbocycles. The summed E-state index contributed by atoms with van der Waals surface area (Å²) in [6.07, 6.45) is 4.65. The third-order valence-corrected chi connectivity index (χ3v) is 4.84. The summed E-state index contributed by atoms with van der Waals surface area (Å²) < 4.78 is 25.1. The highest BCUT2D eigenvalue weighted by molar-refractivity contribution is 5.95. The molecule has 4 heterocycles. The fraction of sp³-hybridized carbons (Fsp3) is 0.200. The molecule has 0 unspecified atom stereocenters. The predicted molar refractivity (Wildman–Crippen MR) is 106 cm³/mol. The summed E-state index contributed by atoms with van der Waals surface area (Å²) in [4.78, 5) is 23.1. The number of hydrogen-bond acceptors (Lipinski definition) is 7. The minimum Gasteiger partial charge on any atom is -0.472 e. The highest BCUT2D eigenvalue weighted by atomic mass is 19.1. The number of carbonyl (C=O) groups excluding carboxylic acids is 1. The average molecular weight is 408 g/mol. The van der Waals surface area contributed by atoms with E-state index < -0.39 is 5.82 Å². The third-order valence-electron chi connectivity index (χ3n) is 4.84. The van der Waals surface area contributed by atoms with Crippen molar-refractivity contribution in [2.45, 2.75) is 0 Å². The van der Waals surface area contributed by atoms with E-state index in [9.17, 15) is 9.18 Å². The Morgan fingerprint density at radius 1 is 1.20 bits per heavy atom. The van der Waals surface area contributed by atoms with Gasteiger partial charge in [0.1, 0.15) is 23.1 Å². The number of H-pyrrole nitrogens is 1. The van der Waals surface area contributed by atoms with Crippen molar-refractivity contribution < 1.29 is 18.3 Å². The fourth-order valence-electron chi connectivity index (χ4n) is 3.29. The first-order valence-corrected chi connectivity index (χ1v) is 9.36. The Hall–Kier alpha value is -3.79. The number of ether oxygens (including phenoxy) is 1. The van der Waals surface area contributed by atoms with E-state index in [1.165, 1.54) is 24.7 Å². The molecule has 1 amide bonds. The molecule has 1 aliphatic rings. The van der Waals surface area contributed by atoms with Gasteiger partial charge in [-0.15, -0.1) is 0 Å². The molecule has 1 aromatic carbocycles. The van der Waals surface area contributed by atoms with Crippen molar-refractivity contribution >= 4 is 28.4 Å². The lowest BCUT2D eigenvalue weighted by Gasteiger charge is -2.27. The van der Waals surface area contributed by atoms with E-state index in [0.717, 1.165) is 0 Å². The molecule has 30 heavy (non-hydrogen) atoms. The SMILES string of the molecule is O=C(c1ccc(Nc2nc(-c3ccoc3)nc3cn[nH]c23)cc1F)N1CCOCC1. The number of benzene rings is 1. The van der Waals surface area contributed by atoms with Crippen molar-refractivity contribution in [1.29, 1.82) is 0 Å². The van der Waals surface area contributed by atoms with Gasteiger partial charge in [-0.3, -0.25) is 9.89 Å². The molecule has 0 atom stereocenters. The zero-order chi connectivity index (χ0) is 20.5. The molecule has 1 aliphatic heterocycles.